The number of amides is 1. The third kappa shape index (κ3) is 5.85. The highest BCUT2D eigenvalue weighted by atomic mass is 32.2. The maximum absolute atomic E-state index is 12.6. The Morgan fingerprint density at radius 1 is 1.18 bits per heavy atom. The van der Waals surface area contributed by atoms with Crippen molar-refractivity contribution in [2.45, 2.75) is 42.4 Å². The maximum atomic E-state index is 12.6. The second-order valence-corrected chi connectivity index (χ2v) is 11.2. The first-order chi connectivity index (χ1) is 15.9. The molecule has 0 saturated heterocycles. The van der Waals surface area contributed by atoms with Gasteiger partial charge in [-0.05, 0) is 62.2 Å². The number of rotatable bonds is 8. The van der Waals surface area contributed by atoms with Crippen LogP contribution >= 0.6 is 34.9 Å². The smallest absolute Gasteiger partial charge is 0.259 e. The number of benzene rings is 1. The van der Waals surface area contributed by atoms with Crippen LogP contribution in [0.3, 0.4) is 0 Å². The van der Waals surface area contributed by atoms with Crippen LogP contribution in [-0.4, -0.2) is 26.1 Å². The Morgan fingerprint density at radius 2 is 1.97 bits per heavy atom. The van der Waals surface area contributed by atoms with Crippen molar-refractivity contribution in [3.8, 4) is 0 Å². The van der Waals surface area contributed by atoms with E-state index in [0.717, 1.165) is 31.6 Å². The molecule has 0 fully saturated rings. The Labute approximate surface area is 204 Å². The van der Waals surface area contributed by atoms with Gasteiger partial charge in [-0.15, -0.1) is 34.9 Å². The predicted octanol–water partition coefficient (Wildman–Crippen LogP) is 5.55. The Hall–Kier alpha value is -2.62. The van der Waals surface area contributed by atoms with Gasteiger partial charge in [0.1, 0.15) is 10.7 Å². The van der Waals surface area contributed by atoms with Crippen LogP contribution in [0.4, 0.5) is 5.69 Å². The van der Waals surface area contributed by atoms with Crippen molar-refractivity contribution in [1.82, 2.24) is 15.0 Å². The molecule has 4 rings (SSSR count). The van der Waals surface area contributed by atoms with E-state index in [4.69, 9.17) is 0 Å². The molecule has 1 atom stereocenters. The molecular formula is C24H24N4O2S3. The SMILES string of the molecule is Cc1sc2nc(CSC(C)C(=O)Nc3ccc(SCc4cccnc4)cc3)[nH]c(=O)c2c1C. The second kappa shape index (κ2) is 10.5. The monoisotopic (exact) mass is 496 g/mol. The fourth-order valence-corrected chi connectivity index (χ4v) is 5.81. The summed E-state index contributed by atoms with van der Waals surface area (Å²) >= 11 is 4.70. The van der Waals surface area contributed by atoms with E-state index in [-0.39, 0.29) is 16.7 Å². The lowest BCUT2D eigenvalue weighted by atomic mass is 10.2. The summed E-state index contributed by atoms with van der Waals surface area (Å²) in [7, 11) is 0. The molecule has 0 radical (unpaired) electrons. The molecule has 2 N–H and O–H groups in total. The number of thioether (sulfide) groups is 2. The number of nitrogens with zero attached hydrogens (tertiary/aromatic N) is 2. The molecule has 170 valence electrons. The van der Waals surface area contributed by atoms with Crippen molar-refractivity contribution in [2.24, 2.45) is 0 Å². The Kier molecular flexibility index (Phi) is 7.52. The molecule has 9 heteroatoms. The normalized spacial score (nSPS) is 12.1. The van der Waals surface area contributed by atoms with Gasteiger partial charge in [0.2, 0.25) is 5.91 Å². The molecule has 6 nitrogen and oxygen atoms in total. The van der Waals surface area contributed by atoms with Crippen LogP contribution in [0, 0.1) is 13.8 Å². The molecule has 3 aromatic heterocycles. The fourth-order valence-electron chi connectivity index (χ4n) is 3.18. The van der Waals surface area contributed by atoms with Gasteiger partial charge in [0.05, 0.1) is 16.4 Å². The molecule has 3 heterocycles. The van der Waals surface area contributed by atoms with E-state index in [1.807, 2.05) is 57.3 Å². The van der Waals surface area contributed by atoms with E-state index in [2.05, 4.69) is 26.3 Å². The molecule has 0 bridgehead atoms. The summed E-state index contributed by atoms with van der Waals surface area (Å²) in [5, 5.41) is 3.33. The summed E-state index contributed by atoms with van der Waals surface area (Å²) in [6.45, 7) is 5.79. The van der Waals surface area contributed by atoms with Crippen molar-refractivity contribution >= 4 is 56.7 Å². The van der Waals surface area contributed by atoms with E-state index < -0.39 is 0 Å². The van der Waals surface area contributed by atoms with E-state index in [0.29, 0.717) is 17.0 Å². The molecular weight excluding hydrogens is 472 g/mol. The molecule has 0 aliphatic carbocycles. The molecule has 1 amide bonds. The fraction of sp³-hybridized carbons (Fsp3) is 0.250. The summed E-state index contributed by atoms with van der Waals surface area (Å²) in [5.74, 6) is 1.81. The van der Waals surface area contributed by atoms with E-state index >= 15 is 0 Å². The standard InChI is InChI=1S/C24H24N4O2S3/c1-14-15(2)33-24-21(14)23(30)27-20(28-24)13-31-16(3)22(29)26-18-6-8-19(9-7-18)32-12-17-5-4-10-25-11-17/h4-11,16H,12-13H2,1-3H3,(H,26,29)(H,27,28,30). The van der Waals surface area contributed by atoms with Gasteiger partial charge in [0, 0.05) is 33.6 Å². The first-order valence-electron chi connectivity index (χ1n) is 10.4. The number of aryl methyl sites for hydroxylation is 2. The van der Waals surface area contributed by atoms with Gasteiger partial charge in [-0.25, -0.2) is 4.98 Å². The van der Waals surface area contributed by atoms with Crippen LogP contribution in [-0.2, 0) is 16.3 Å². The lowest BCUT2D eigenvalue weighted by Crippen LogP contribution is -2.23. The number of H-pyrrole nitrogens is 1. The number of nitrogens with one attached hydrogen (secondary N) is 2. The zero-order valence-electron chi connectivity index (χ0n) is 18.5. The van der Waals surface area contributed by atoms with Gasteiger partial charge in [-0.1, -0.05) is 6.07 Å². The maximum Gasteiger partial charge on any atom is 0.259 e. The quantitative estimate of drug-likeness (QED) is 0.311. The number of hydrogen-bond acceptors (Lipinski definition) is 7. The van der Waals surface area contributed by atoms with Crippen LogP contribution in [0.5, 0.6) is 0 Å². The number of carbonyl (C=O) groups is 1. The molecule has 0 saturated carbocycles. The summed E-state index contributed by atoms with van der Waals surface area (Å²) in [6, 6.07) is 11.8. The van der Waals surface area contributed by atoms with Crippen LogP contribution in [0.2, 0.25) is 0 Å². The average molecular weight is 497 g/mol. The summed E-state index contributed by atoms with van der Waals surface area (Å²) in [6.07, 6.45) is 3.64. The number of aromatic amines is 1. The lowest BCUT2D eigenvalue weighted by molar-refractivity contribution is -0.115. The zero-order valence-corrected chi connectivity index (χ0v) is 21.0. The lowest BCUT2D eigenvalue weighted by Gasteiger charge is -2.12. The Bertz CT molecular complexity index is 1320. The van der Waals surface area contributed by atoms with Crippen molar-refractivity contribution in [2.75, 3.05) is 5.32 Å². The van der Waals surface area contributed by atoms with E-state index in [9.17, 15) is 9.59 Å². The minimum absolute atomic E-state index is 0.0815. The molecule has 1 unspecified atom stereocenters. The zero-order chi connectivity index (χ0) is 23.4. The van der Waals surface area contributed by atoms with Gasteiger partial charge in [-0.2, -0.15) is 0 Å². The summed E-state index contributed by atoms with van der Waals surface area (Å²) in [5.41, 5.74) is 2.80. The summed E-state index contributed by atoms with van der Waals surface area (Å²) in [4.78, 5) is 39.6. The summed E-state index contributed by atoms with van der Waals surface area (Å²) < 4.78 is 0. The highest BCUT2D eigenvalue weighted by molar-refractivity contribution is 7.99. The van der Waals surface area contributed by atoms with Crippen LogP contribution in [0.1, 0.15) is 28.8 Å². The number of hydrogen-bond donors (Lipinski definition) is 2. The Morgan fingerprint density at radius 3 is 2.70 bits per heavy atom. The molecule has 0 aliphatic heterocycles. The number of aromatic nitrogens is 3. The van der Waals surface area contributed by atoms with E-state index in [1.165, 1.54) is 28.7 Å². The van der Waals surface area contributed by atoms with Crippen molar-refractivity contribution in [3.63, 3.8) is 0 Å². The second-order valence-electron chi connectivity index (χ2n) is 7.59. The van der Waals surface area contributed by atoms with Gasteiger partial charge in [0.25, 0.3) is 5.56 Å². The van der Waals surface area contributed by atoms with Crippen LogP contribution in [0.25, 0.3) is 10.2 Å². The Balaban J connectivity index is 1.30. The number of anilines is 1. The number of fused-ring (bicyclic) bond motifs is 1. The predicted molar refractivity (Wildman–Crippen MR) is 139 cm³/mol. The third-order valence-electron chi connectivity index (χ3n) is 5.18. The topological polar surface area (TPSA) is 87.7 Å². The molecule has 1 aromatic carbocycles. The van der Waals surface area contributed by atoms with E-state index in [1.54, 1.807) is 18.0 Å². The minimum atomic E-state index is -0.294. The van der Waals surface area contributed by atoms with Crippen LogP contribution in [0.15, 0.2) is 58.5 Å². The van der Waals surface area contributed by atoms with Gasteiger partial charge < -0.3 is 10.3 Å². The molecule has 0 spiro atoms. The molecule has 33 heavy (non-hydrogen) atoms. The van der Waals surface area contributed by atoms with Gasteiger partial charge >= 0.3 is 0 Å². The first-order valence-corrected chi connectivity index (χ1v) is 13.3. The van der Waals surface area contributed by atoms with Crippen molar-refractivity contribution in [3.05, 3.63) is 81.0 Å². The van der Waals surface area contributed by atoms with Crippen molar-refractivity contribution in [1.29, 1.82) is 0 Å². The van der Waals surface area contributed by atoms with Gasteiger partial charge in [-0.3, -0.25) is 14.6 Å². The highest BCUT2D eigenvalue weighted by Gasteiger charge is 2.16. The minimum Gasteiger partial charge on any atom is -0.325 e. The number of pyridine rings is 1. The average Bonchev–Trinajstić information content (AvgIpc) is 3.11. The van der Waals surface area contributed by atoms with Gasteiger partial charge in [0.15, 0.2) is 0 Å². The highest BCUT2D eigenvalue weighted by Crippen LogP contribution is 2.27. The number of thiophene rings is 1. The number of carbonyl (C=O) groups excluding carboxylic acids is 1. The molecule has 4 aromatic rings. The van der Waals surface area contributed by atoms with Crippen LogP contribution < -0.4 is 10.9 Å². The third-order valence-corrected chi connectivity index (χ3v) is 8.52. The molecule has 0 aliphatic rings. The largest absolute Gasteiger partial charge is 0.325 e. The first kappa shape index (κ1) is 23.5. The van der Waals surface area contributed by atoms with Crippen molar-refractivity contribution < 1.29 is 4.79 Å².